The van der Waals surface area contributed by atoms with Gasteiger partial charge in [-0.05, 0) is 6.07 Å². The summed E-state index contributed by atoms with van der Waals surface area (Å²) in [5.41, 5.74) is 0.916. The summed E-state index contributed by atoms with van der Waals surface area (Å²) < 4.78 is 32.2. The van der Waals surface area contributed by atoms with Crippen molar-refractivity contribution in [3.05, 3.63) is 47.8 Å². The number of benzene rings is 1. The zero-order valence-electron chi connectivity index (χ0n) is 10.2. The molecule has 0 atom stereocenters. The summed E-state index contributed by atoms with van der Waals surface area (Å²) in [7, 11) is 1.43. The Hall–Kier alpha value is -2.48. The van der Waals surface area contributed by atoms with Gasteiger partial charge in [0.2, 0.25) is 0 Å². The largest absolute Gasteiger partial charge is 0.495 e. The Morgan fingerprint density at radius 3 is 2.74 bits per heavy atom. The van der Waals surface area contributed by atoms with Gasteiger partial charge in [-0.15, -0.1) is 0 Å². The van der Waals surface area contributed by atoms with Crippen molar-refractivity contribution in [2.24, 2.45) is 0 Å². The van der Waals surface area contributed by atoms with Crippen molar-refractivity contribution in [1.29, 1.82) is 5.26 Å². The van der Waals surface area contributed by atoms with E-state index in [2.05, 4.69) is 4.98 Å². The molecule has 0 fully saturated rings. The van der Waals surface area contributed by atoms with E-state index in [1.807, 2.05) is 6.07 Å². The standard InChI is InChI=1S/C14H10F2N2O/c1-19-13-8-18-7-11(9(13)5-6-17)10-3-2-4-12(15)14(10)16/h2-4,7-8H,5H2,1H3. The van der Waals surface area contributed by atoms with Crippen molar-refractivity contribution in [2.75, 3.05) is 7.11 Å². The number of aromatic nitrogens is 1. The predicted molar refractivity (Wildman–Crippen MR) is 65.5 cm³/mol. The van der Waals surface area contributed by atoms with Crippen molar-refractivity contribution in [2.45, 2.75) is 6.42 Å². The number of methoxy groups -OCH3 is 1. The third kappa shape index (κ3) is 2.38. The van der Waals surface area contributed by atoms with Gasteiger partial charge < -0.3 is 4.74 Å². The van der Waals surface area contributed by atoms with E-state index in [0.717, 1.165) is 6.07 Å². The number of rotatable bonds is 3. The van der Waals surface area contributed by atoms with Gasteiger partial charge in [-0.3, -0.25) is 4.98 Å². The number of halogens is 2. The van der Waals surface area contributed by atoms with Gasteiger partial charge >= 0.3 is 0 Å². The molecule has 96 valence electrons. The Kier molecular flexibility index (Phi) is 3.71. The van der Waals surface area contributed by atoms with Crippen molar-refractivity contribution in [3.8, 4) is 22.9 Å². The number of nitrogens with zero attached hydrogens (tertiary/aromatic N) is 2. The summed E-state index contributed by atoms with van der Waals surface area (Å²) in [4.78, 5) is 3.92. The molecule has 0 aliphatic heterocycles. The Bertz CT molecular complexity index is 650. The van der Waals surface area contributed by atoms with E-state index in [1.165, 1.54) is 31.6 Å². The highest BCUT2D eigenvalue weighted by Crippen LogP contribution is 2.32. The maximum atomic E-state index is 13.8. The zero-order valence-corrected chi connectivity index (χ0v) is 10.2. The first-order valence-corrected chi connectivity index (χ1v) is 5.51. The summed E-state index contributed by atoms with van der Waals surface area (Å²) in [6.45, 7) is 0. The molecule has 2 rings (SSSR count). The molecule has 19 heavy (non-hydrogen) atoms. The second-order valence-electron chi connectivity index (χ2n) is 3.80. The van der Waals surface area contributed by atoms with E-state index < -0.39 is 11.6 Å². The lowest BCUT2D eigenvalue weighted by molar-refractivity contribution is 0.409. The summed E-state index contributed by atoms with van der Waals surface area (Å²) in [5, 5.41) is 8.84. The van der Waals surface area contributed by atoms with Gasteiger partial charge in [-0.1, -0.05) is 12.1 Å². The molecule has 0 amide bonds. The Morgan fingerprint density at radius 1 is 1.26 bits per heavy atom. The minimum atomic E-state index is -0.961. The SMILES string of the molecule is COc1cncc(-c2cccc(F)c2F)c1CC#N. The van der Waals surface area contributed by atoms with Crippen molar-refractivity contribution in [3.63, 3.8) is 0 Å². The summed E-state index contributed by atoms with van der Waals surface area (Å²) in [6, 6.07) is 5.86. The maximum absolute atomic E-state index is 13.8. The molecule has 0 aliphatic carbocycles. The maximum Gasteiger partial charge on any atom is 0.166 e. The molecule has 5 heteroatoms. The quantitative estimate of drug-likeness (QED) is 0.851. The molecule has 0 N–H and O–H groups in total. The van der Waals surface area contributed by atoms with Gasteiger partial charge in [-0.2, -0.15) is 5.26 Å². The van der Waals surface area contributed by atoms with E-state index >= 15 is 0 Å². The minimum Gasteiger partial charge on any atom is -0.495 e. The molecule has 1 aromatic carbocycles. The van der Waals surface area contributed by atoms with Crippen molar-refractivity contribution >= 4 is 0 Å². The number of pyridine rings is 1. The lowest BCUT2D eigenvalue weighted by atomic mass is 9.99. The third-order valence-electron chi connectivity index (χ3n) is 2.74. The minimum absolute atomic E-state index is 0.0248. The first-order chi connectivity index (χ1) is 9.19. The van der Waals surface area contributed by atoms with Crippen LogP contribution in [0.3, 0.4) is 0 Å². The number of nitriles is 1. The molecule has 0 saturated carbocycles. The second kappa shape index (κ2) is 5.44. The molecule has 1 heterocycles. The van der Waals surface area contributed by atoms with Crippen LogP contribution in [0.25, 0.3) is 11.1 Å². The molecule has 3 nitrogen and oxygen atoms in total. The van der Waals surface area contributed by atoms with Crippen LogP contribution >= 0.6 is 0 Å². The molecule has 0 saturated heterocycles. The average molecular weight is 260 g/mol. The zero-order chi connectivity index (χ0) is 13.8. The molecular weight excluding hydrogens is 250 g/mol. The monoisotopic (exact) mass is 260 g/mol. The highest BCUT2D eigenvalue weighted by atomic mass is 19.2. The topological polar surface area (TPSA) is 45.9 Å². The van der Waals surface area contributed by atoms with Crippen LogP contribution in [-0.2, 0) is 6.42 Å². The van der Waals surface area contributed by atoms with Crippen LogP contribution in [0.15, 0.2) is 30.6 Å². The molecule has 2 aromatic rings. The van der Waals surface area contributed by atoms with Gasteiger partial charge in [0.05, 0.1) is 25.8 Å². The van der Waals surface area contributed by atoms with Crippen LogP contribution in [0.4, 0.5) is 8.78 Å². The molecule has 0 spiro atoms. The fourth-order valence-corrected chi connectivity index (χ4v) is 1.85. The van der Waals surface area contributed by atoms with Crippen LogP contribution in [0.5, 0.6) is 5.75 Å². The lowest BCUT2D eigenvalue weighted by Gasteiger charge is -2.11. The molecule has 0 bridgehead atoms. The summed E-state index contributed by atoms with van der Waals surface area (Å²) >= 11 is 0. The van der Waals surface area contributed by atoms with E-state index in [9.17, 15) is 8.78 Å². The Labute approximate surface area is 109 Å². The van der Waals surface area contributed by atoms with Crippen molar-refractivity contribution in [1.82, 2.24) is 4.98 Å². The first kappa shape index (κ1) is 13.0. The highest BCUT2D eigenvalue weighted by Gasteiger charge is 2.16. The van der Waals surface area contributed by atoms with Crippen LogP contribution in [0, 0.1) is 23.0 Å². The van der Waals surface area contributed by atoms with Crippen LogP contribution < -0.4 is 4.74 Å². The molecule has 0 radical (unpaired) electrons. The second-order valence-corrected chi connectivity index (χ2v) is 3.80. The lowest BCUT2D eigenvalue weighted by Crippen LogP contribution is -1.98. The van der Waals surface area contributed by atoms with Gasteiger partial charge in [0.1, 0.15) is 5.75 Å². The van der Waals surface area contributed by atoms with Gasteiger partial charge in [-0.25, -0.2) is 8.78 Å². The van der Waals surface area contributed by atoms with Gasteiger partial charge in [0, 0.05) is 22.9 Å². The average Bonchev–Trinajstić information content (AvgIpc) is 2.43. The van der Waals surface area contributed by atoms with E-state index in [0.29, 0.717) is 16.9 Å². The molecule has 0 aliphatic rings. The van der Waals surface area contributed by atoms with Crippen LogP contribution in [0.2, 0.25) is 0 Å². The van der Waals surface area contributed by atoms with Crippen molar-refractivity contribution < 1.29 is 13.5 Å². The number of hydrogen-bond donors (Lipinski definition) is 0. The number of hydrogen-bond acceptors (Lipinski definition) is 3. The summed E-state index contributed by atoms with van der Waals surface area (Å²) in [5.74, 6) is -1.53. The highest BCUT2D eigenvalue weighted by molar-refractivity contribution is 5.70. The fourth-order valence-electron chi connectivity index (χ4n) is 1.85. The van der Waals surface area contributed by atoms with Crippen LogP contribution in [-0.4, -0.2) is 12.1 Å². The molecule has 1 aromatic heterocycles. The van der Waals surface area contributed by atoms with E-state index in [4.69, 9.17) is 10.00 Å². The van der Waals surface area contributed by atoms with Gasteiger partial charge in [0.25, 0.3) is 0 Å². The molecule has 0 unspecified atom stereocenters. The predicted octanol–water partition coefficient (Wildman–Crippen LogP) is 3.10. The summed E-state index contributed by atoms with van der Waals surface area (Å²) in [6.07, 6.45) is 2.86. The normalized spacial score (nSPS) is 10.0. The number of ether oxygens (including phenoxy) is 1. The van der Waals surface area contributed by atoms with Crippen LogP contribution in [0.1, 0.15) is 5.56 Å². The fraction of sp³-hybridized carbons (Fsp3) is 0.143. The molecular formula is C14H10F2N2O. The first-order valence-electron chi connectivity index (χ1n) is 5.51. The third-order valence-corrected chi connectivity index (χ3v) is 2.74. The Morgan fingerprint density at radius 2 is 2.05 bits per heavy atom. The Balaban J connectivity index is 2.68. The van der Waals surface area contributed by atoms with Gasteiger partial charge in [0.15, 0.2) is 11.6 Å². The van der Waals surface area contributed by atoms with E-state index in [1.54, 1.807) is 0 Å². The van der Waals surface area contributed by atoms with E-state index in [-0.39, 0.29) is 12.0 Å². The smallest absolute Gasteiger partial charge is 0.166 e.